The van der Waals surface area contributed by atoms with Gasteiger partial charge >= 0.3 is 17.8 Å². The zero-order valence-corrected chi connectivity index (χ0v) is 10.9. The number of esters is 1. The van der Waals surface area contributed by atoms with Crippen LogP contribution in [0.3, 0.4) is 0 Å². The smallest absolute Gasteiger partial charge is 0.419 e. The molecule has 5 nitrogen and oxygen atoms in total. The minimum Gasteiger partial charge on any atom is -0.419 e. The average Bonchev–Trinajstić information content (AvgIpc) is 2.17. The second-order valence-electron chi connectivity index (χ2n) is 3.15. The maximum absolute atomic E-state index is 12.7. The number of nitrogens with zero attached hydrogens (tertiary/aromatic N) is 1. The van der Waals surface area contributed by atoms with E-state index < -0.39 is 34.1 Å². The number of nitro groups is 1. The quantitative estimate of drug-likeness (QED) is 0.262. The maximum Gasteiger partial charge on any atom is 0.420 e. The lowest BCUT2D eigenvalue weighted by molar-refractivity contribution is -0.386. The van der Waals surface area contributed by atoms with Gasteiger partial charge in [0.2, 0.25) is 5.75 Å². The predicted octanol–water partition coefficient (Wildman–Crippen LogP) is 3.14. The third-order valence-corrected chi connectivity index (χ3v) is 2.40. The summed E-state index contributed by atoms with van der Waals surface area (Å²) in [4.78, 5) is 20.4. The van der Waals surface area contributed by atoms with Crippen LogP contribution in [0.5, 0.6) is 5.75 Å². The van der Waals surface area contributed by atoms with Crippen LogP contribution in [0, 0.1) is 13.7 Å². The van der Waals surface area contributed by atoms with E-state index in [-0.39, 0.29) is 3.57 Å². The summed E-state index contributed by atoms with van der Waals surface area (Å²) < 4.78 is 42.4. The molecule has 0 saturated carbocycles. The lowest BCUT2D eigenvalue weighted by atomic mass is 10.1. The number of halogens is 4. The molecule has 18 heavy (non-hydrogen) atoms. The van der Waals surface area contributed by atoms with Gasteiger partial charge in [-0.15, -0.1) is 0 Å². The third-order valence-electron chi connectivity index (χ3n) is 1.78. The van der Waals surface area contributed by atoms with Crippen molar-refractivity contribution in [1.29, 1.82) is 0 Å². The summed E-state index contributed by atoms with van der Waals surface area (Å²) in [5, 5.41) is 10.7. The van der Waals surface area contributed by atoms with E-state index in [9.17, 15) is 28.1 Å². The van der Waals surface area contributed by atoms with Crippen LogP contribution in [0.1, 0.15) is 12.5 Å². The highest BCUT2D eigenvalue weighted by atomic mass is 127. The number of carbonyl (C=O) groups excluding carboxylic acids is 1. The number of alkyl halides is 3. The zero-order valence-electron chi connectivity index (χ0n) is 8.75. The van der Waals surface area contributed by atoms with E-state index in [0.717, 1.165) is 13.0 Å². The molecule has 0 bridgehead atoms. The SMILES string of the molecule is CC(=O)Oc1c([N+](=O)[O-])cc(I)cc1C(F)(F)F. The molecule has 0 N–H and O–H groups in total. The highest BCUT2D eigenvalue weighted by Crippen LogP contribution is 2.42. The predicted molar refractivity (Wildman–Crippen MR) is 62.1 cm³/mol. The maximum atomic E-state index is 12.7. The summed E-state index contributed by atoms with van der Waals surface area (Å²) in [6.45, 7) is 0.863. The van der Waals surface area contributed by atoms with Gasteiger partial charge in [0, 0.05) is 16.6 Å². The van der Waals surface area contributed by atoms with E-state index in [1.54, 1.807) is 0 Å². The number of hydrogen-bond donors (Lipinski definition) is 0. The third kappa shape index (κ3) is 3.31. The Bertz CT molecular complexity index is 515. The van der Waals surface area contributed by atoms with Gasteiger partial charge in [-0.05, 0) is 28.7 Å². The van der Waals surface area contributed by atoms with Gasteiger partial charge in [0.25, 0.3) is 0 Å². The molecule has 0 aliphatic carbocycles. The summed E-state index contributed by atoms with van der Waals surface area (Å²) in [6.07, 6.45) is -4.85. The molecule has 0 heterocycles. The highest BCUT2D eigenvalue weighted by molar-refractivity contribution is 14.1. The van der Waals surface area contributed by atoms with Crippen LogP contribution >= 0.6 is 22.6 Å². The first-order valence-corrected chi connectivity index (χ1v) is 5.44. The first-order valence-electron chi connectivity index (χ1n) is 4.36. The molecular formula is C9H5F3INO4. The number of rotatable bonds is 2. The Morgan fingerprint density at radius 3 is 2.39 bits per heavy atom. The molecule has 1 aromatic rings. The number of benzene rings is 1. The molecule has 98 valence electrons. The summed E-state index contributed by atoms with van der Waals surface area (Å²) in [7, 11) is 0. The van der Waals surface area contributed by atoms with Crippen molar-refractivity contribution < 1.29 is 27.6 Å². The first kappa shape index (κ1) is 14.7. The highest BCUT2D eigenvalue weighted by Gasteiger charge is 2.39. The van der Waals surface area contributed by atoms with Gasteiger partial charge in [-0.1, -0.05) is 0 Å². The minimum atomic E-state index is -4.85. The second kappa shape index (κ2) is 5.08. The van der Waals surface area contributed by atoms with Crippen molar-refractivity contribution >= 4 is 34.2 Å². The Labute approximate surface area is 112 Å². The van der Waals surface area contributed by atoms with Crippen molar-refractivity contribution in [3.8, 4) is 5.75 Å². The summed E-state index contributed by atoms with van der Waals surface area (Å²) in [5.41, 5.74) is -2.25. The van der Waals surface area contributed by atoms with E-state index in [2.05, 4.69) is 4.74 Å². The van der Waals surface area contributed by atoms with Gasteiger partial charge in [-0.2, -0.15) is 13.2 Å². The van der Waals surface area contributed by atoms with Crippen molar-refractivity contribution in [2.45, 2.75) is 13.1 Å². The first-order chi connectivity index (χ1) is 8.12. The fourth-order valence-electron chi connectivity index (χ4n) is 1.18. The topological polar surface area (TPSA) is 69.4 Å². The number of hydrogen-bond acceptors (Lipinski definition) is 4. The van der Waals surface area contributed by atoms with Crippen molar-refractivity contribution in [2.24, 2.45) is 0 Å². The standard InChI is InChI=1S/C9H5F3INO4/c1-4(15)18-8-6(9(10,11)12)2-5(13)3-7(8)14(16)17/h2-3H,1H3. The number of carbonyl (C=O) groups is 1. The number of nitro benzene ring substituents is 1. The molecule has 0 aromatic heterocycles. The molecule has 0 radical (unpaired) electrons. The lowest BCUT2D eigenvalue weighted by Gasteiger charge is -2.12. The Hall–Kier alpha value is -1.39. The molecule has 1 rings (SSSR count). The van der Waals surface area contributed by atoms with Gasteiger partial charge in [0.15, 0.2) is 0 Å². The molecule has 1 aromatic carbocycles. The Balaban J connectivity index is 3.57. The van der Waals surface area contributed by atoms with Gasteiger partial charge in [0.1, 0.15) is 5.56 Å². The molecule has 0 atom stereocenters. The molecule has 0 amide bonds. The van der Waals surface area contributed by atoms with Gasteiger partial charge in [-0.3, -0.25) is 14.9 Å². The Kier molecular flexibility index (Phi) is 4.14. The largest absolute Gasteiger partial charge is 0.420 e. The molecule has 9 heteroatoms. The minimum absolute atomic E-state index is 0.0162. The van der Waals surface area contributed by atoms with Crippen LogP contribution in [-0.2, 0) is 11.0 Å². The zero-order chi connectivity index (χ0) is 14.1. The molecule has 0 unspecified atom stereocenters. The van der Waals surface area contributed by atoms with Gasteiger partial charge in [-0.25, -0.2) is 0 Å². The van der Waals surface area contributed by atoms with Gasteiger partial charge in [0.05, 0.1) is 4.92 Å². The molecule has 0 fully saturated rings. The fourth-order valence-corrected chi connectivity index (χ4v) is 1.78. The molecule has 0 spiro atoms. The number of ether oxygens (including phenoxy) is 1. The monoisotopic (exact) mass is 375 g/mol. The Morgan fingerprint density at radius 2 is 2.00 bits per heavy atom. The van der Waals surface area contributed by atoms with E-state index in [1.165, 1.54) is 22.6 Å². The normalized spacial score (nSPS) is 11.2. The molecule has 0 aliphatic heterocycles. The van der Waals surface area contributed by atoms with Crippen molar-refractivity contribution in [1.82, 2.24) is 0 Å². The Morgan fingerprint density at radius 1 is 1.44 bits per heavy atom. The van der Waals surface area contributed by atoms with Crippen LogP contribution in [0.25, 0.3) is 0 Å². The fraction of sp³-hybridized carbons (Fsp3) is 0.222. The second-order valence-corrected chi connectivity index (χ2v) is 4.40. The average molecular weight is 375 g/mol. The van der Waals surface area contributed by atoms with Crippen LogP contribution in [0.4, 0.5) is 18.9 Å². The van der Waals surface area contributed by atoms with Crippen LogP contribution < -0.4 is 4.74 Å². The van der Waals surface area contributed by atoms with Crippen molar-refractivity contribution in [3.05, 3.63) is 31.4 Å². The van der Waals surface area contributed by atoms with Crippen LogP contribution in [-0.4, -0.2) is 10.9 Å². The van der Waals surface area contributed by atoms with Crippen LogP contribution in [0.15, 0.2) is 12.1 Å². The van der Waals surface area contributed by atoms with Gasteiger partial charge < -0.3 is 4.74 Å². The van der Waals surface area contributed by atoms with Crippen LogP contribution in [0.2, 0.25) is 0 Å². The van der Waals surface area contributed by atoms with E-state index in [1.807, 2.05) is 0 Å². The van der Waals surface area contributed by atoms with E-state index in [4.69, 9.17) is 0 Å². The summed E-state index contributed by atoms with van der Waals surface area (Å²) in [6, 6.07) is 1.57. The molecule has 0 saturated heterocycles. The van der Waals surface area contributed by atoms with Crippen molar-refractivity contribution in [2.75, 3.05) is 0 Å². The molecule has 0 aliphatic rings. The van der Waals surface area contributed by atoms with E-state index in [0.29, 0.717) is 6.07 Å². The molecular weight excluding hydrogens is 370 g/mol. The lowest BCUT2D eigenvalue weighted by Crippen LogP contribution is -2.13. The van der Waals surface area contributed by atoms with E-state index >= 15 is 0 Å². The summed E-state index contributed by atoms with van der Waals surface area (Å²) in [5.74, 6) is -2.15. The summed E-state index contributed by atoms with van der Waals surface area (Å²) >= 11 is 1.51. The van der Waals surface area contributed by atoms with Crippen molar-refractivity contribution in [3.63, 3.8) is 0 Å².